The summed E-state index contributed by atoms with van der Waals surface area (Å²) in [5.41, 5.74) is 1.11. The van der Waals surface area contributed by atoms with Crippen LogP contribution >= 0.6 is 11.3 Å². The number of pyridine rings is 1. The van der Waals surface area contributed by atoms with Crippen molar-refractivity contribution in [2.45, 2.75) is 6.92 Å². The molecule has 0 aliphatic rings. The molecule has 0 saturated heterocycles. The lowest BCUT2D eigenvalue weighted by Gasteiger charge is -2.12. The Kier molecular flexibility index (Phi) is 5.22. The van der Waals surface area contributed by atoms with Crippen molar-refractivity contribution in [1.29, 1.82) is 0 Å². The minimum Gasteiger partial charge on any atom is -0.464 e. The molecule has 0 amide bonds. The number of anilines is 2. The Hall–Kier alpha value is -3.20. The van der Waals surface area contributed by atoms with E-state index in [0.717, 1.165) is 11.3 Å². The van der Waals surface area contributed by atoms with Crippen molar-refractivity contribution in [3.05, 3.63) is 51.3 Å². The average Bonchev–Trinajstić information content (AvgIpc) is 3.13. The van der Waals surface area contributed by atoms with Crippen LogP contribution in [0.2, 0.25) is 0 Å². The lowest BCUT2D eigenvalue weighted by atomic mass is 10.1. The van der Waals surface area contributed by atoms with Crippen molar-refractivity contribution in [3.63, 3.8) is 0 Å². The normalized spacial score (nSPS) is 10.6. The molecule has 0 bridgehead atoms. The van der Waals surface area contributed by atoms with Crippen molar-refractivity contribution in [1.82, 2.24) is 9.55 Å². The Labute approximate surface area is 158 Å². The highest BCUT2D eigenvalue weighted by atomic mass is 32.1. The van der Waals surface area contributed by atoms with Gasteiger partial charge in [-0.1, -0.05) is 11.3 Å². The van der Waals surface area contributed by atoms with Crippen LogP contribution in [0.25, 0.3) is 10.9 Å². The number of esters is 2. The fraction of sp³-hybridized carbons (Fsp3) is 0.222. The van der Waals surface area contributed by atoms with Crippen LogP contribution in [0.4, 0.5) is 10.8 Å². The molecule has 27 heavy (non-hydrogen) atoms. The number of hydrogen-bond donors (Lipinski definition) is 1. The number of rotatable bonds is 5. The second-order valence-electron chi connectivity index (χ2n) is 5.55. The third-order valence-corrected chi connectivity index (χ3v) is 4.77. The molecular formula is C18H17N3O5S. The molecule has 1 aromatic carbocycles. The van der Waals surface area contributed by atoms with Crippen LogP contribution < -0.4 is 10.7 Å². The highest BCUT2D eigenvalue weighted by Gasteiger charge is 2.15. The van der Waals surface area contributed by atoms with Crippen LogP contribution in [-0.4, -0.2) is 35.2 Å². The van der Waals surface area contributed by atoms with Gasteiger partial charge in [0, 0.05) is 24.2 Å². The summed E-state index contributed by atoms with van der Waals surface area (Å²) in [6.45, 7) is 2.03. The third-order valence-electron chi connectivity index (χ3n) is 3.88. The predicted octanol–water partition coefficient (Wildman–Crippen LogP) is 2.70. The number of methoxy groups -OCH3 is 1. The summed E-state index contributed by atoms with van der Waals surface area (Å²) in [6.07, 6.45) is 1.44. The van der Waals surface area contributed by atoms with Gasteiger partial charge in [0.1, 0.15) is 10.6 Å². The number of benzene rings is 1. The first kappa shape index (κ1) is 18.6. The first-order chi connectivity index (χ1) is 12.9. The summed E-state index contributed by atoms with van der Waals surface area (Å²) >= 11 is 1.16. The topological polar surface area (TPSA) is 99.5 Å². The van der Waals surface area contributed by atoms with Gasteiger partial charge >= 0.3 is 11.9 Å². The zero-order valence-electron chi connectivity index (χ0n) is 14.9. The van der Waals surface area contributed by atoms with Gasteiger partial charge in [-0.05, 0) is 25.1 Å². The van der Waals surface area contributed by atoms with E-state index in [4.69, 9.17) is 9.47 Å². The number of carbonyl (C=O) groups is 2. The second-order valence-corrected chi connectivity index (χ2v) is 6.58. The molecule has 9 heteroatoms. The molecule has 0 saturated carbocycles. The maximum absolute atomic E-state index is 12.3. The van der Waals surface area contributed by atoms with Crippen molar-refractivity contribution < 1.29 is 19.1 Å². The zero-order chi connectivity index (χ0) is 19.6. The van der Waals surface area contributed by atoms with Gasteiger partial charge in [-0.15, -0.1) is 0 Å². The second kappa shape index (κ2) is 7.58. The summed E-state index contributed by atoms with van der Waals surface area (Å²) < 4.78 is 11.3. The Balaban J connectivity index is 1.97. The maximum Gasteiger partial charge on any atom is 0.354 e. The van der Waals surface area contributed by atoms with Crippen LogP contribution in [0.5, 0.6) is 0 Å². The van der Waals surface area contributed by atoms with E-state index in [2.05, 4.69) is 10.3 Å². The minimum atomic E-state index is -0.589. The standard InChI is InChI=1S/C18H17N3O5S/c1-4-26-17(24)15-9-19-18(27-15)20-10-5-6-11-12(7-10)21(2)13(8-14(11)22)16(23)25-3/h5-9H,4H2,1-3H3,(H,19,20). The number of thiazole rings is 1. The quantitative estimate of drug-likeness (QED) is 0.672. The van der Waals surface area contributed by atoms with E-state index < -0.39 is 11.9 Å². The number of aromatic nitrogens is 2. The lowest BCUT2D eigenvalue weighted by Crippen LogP contribution is -2.17. The van der Waals surface area contributed by atoms with Gasteiger partial charge in [0.25, 0.3) is 0 Å². The van der Waals surface area contributed by atoms with E-state index in [-0.39, 0.29) is 11.1 Å². The molecule has 0 fully saturated rings. The molecule has 0 atom stereocenters. The summed E-state index contributed by atoms with van der Waals surface area (Å²) in [4.78, 5) is 40.4. The predicted molar refractivity (Wildman–Crippen MR) is 102 cm³/mol. The van der Waals surface area contributed by atoms with E-state index in [9.17, 15) is 14.4 Å². The van der Waals surface area contributed by atoms with Crippen LogP contribution in [0.3, 0.4) is 0 Å². The molecule has 0 radical (unpaired) electrons. The smallest absolute Gasteiger partial charge is 0.354 e. The van der Waals surface area contributed by atoms with Crippen LogP contribution in [0.1, 0.15) is 27.1 Å². The summed E-state index contributed by atoms with van der Waals surface area (Å²) in [5, 5.41) is 4.07. The number of nitrogens with zero attached hydrogens (tertiary/aromatic N) is 2. The van der Waals surface area contributed by atoms with Gasteiger partial charge in [-0.2, -0.15) is 0 Å². The molecule has 2 heterocycles. The number of fused-ring (bicyclic) bond motifs is 1. The molecule has 0 unspecified atom stereocenters. The van der Waals surface area contributed by atoms with Crippen LogP contribution in [0.15, 0.2) is 35.3 Å². The van der Waals surface area contributed by atoms with Crippen molar-refractivity contribution in [2.24, 2.45) is 7.05 Å². The SMILES string of the molecule is CCOC(=O)c1cnc(Nc2ccc3c(=O)cc(C(=O)OC)n(C)c3c2)s1. The molecule has 3 aromatic rings. The Morgan fingerprint density at radius 2 is 2.04 bits per heavy atom. The number of ether oxygens (including phenoxy) is 2. The molecule has 3 rings (SSSR count). The summed E-state index contributed by atoms with van der Waals surface area (Å²) in [7, 11) is 2.94. The molecular weight excluding hydrogens is 370 g/mol. The molecule has 0 aliphatic carbocycles. The third kappa shape index (κ3) is 3.68. The lowest BCUT2D eigenvalue weighted by molar-refractivity contribution is 0.0530. The van der Waals surface area contributed by atoms with Crippen molar-refractivity contribution >= 4 is 45.0 Å². The molecule has 0 aliphatic heterocycles. The van der Waals surface area contributed by atoms with E-state index in [1.165, 1.54) is 19.4 Å². The minimum absolute atomic E-state index is 0.158. The molecule has 2 aromatic heterocycles. The zero-order valence-corrected chi connectivity index (χ0v) is 15.8. The average molecular weight is 387 g/mol. The van der Waals surface area contributed by atoms with E-state index in [1.807, 2.05) is 0 Å². The maximum atomic E-state index is 12.3. The number of carbonyl (C=O) groups excluding carboxylic acids is 2. The van der Waals surface area contributed by atoms with E-state index in [0.29, 0.717) is 33.2 Å². The Bertz CT molecular complexity index is 1090. The van der Waals surface area contributed by atoms with E-state index in [1.54, 1.807) is 36.7 Å². The number of hydrogen-bond acceptors (Lipinski definition) is 8. The van der Waals surface area contributed by atoms with Gasteiger partial charge in [-0.25, -0.2) is 14.6 Å². The number of aryl methyl sites for hydroxylation is 1. The van der Waals surface area contributed by atoms with Crippen molar-refractivity contribution in [2.75, 3.05) is 19.0 Å². The van der Waals surface area contributed by atoms with Gasteiger partial charge in [0.05, 0.1) is 25.4 Å². The van der Waals surface area contributed by atoms with Gasteiger partial charge in [0.2, 0.25) is 0 Å². The van der Waals surface area contributed by atoms with Crippen LogP contribution in [0, 0.1) is 0 Å². The van der Waals surface area contributed by atoms with Crippen LogP contribution in [-0.2, 0) is 16.5 Å². The Morgan fingerprint density at radius 3 is 2.74 bits per heavy atom. The number of nitrogens with one attached hydrogen (secondary N) is 1. The Morgan fingerprint density at radius 1 is 1.26 bits per heavy atom. The summed E-state index contributed by atoms with van der Waals surface area (Å²) in [6, 6.07) is 6.39. The molecule has 140 valence electrons. The molecule has 8 nitrogen and oxygen atoms in total. The highest BCUT2D eigenvalue weighted by Crippen LogP contribution is 2.25. The van der Waals surface area contributed by atoms with Gasteiger partial charge in [-0.3, -0.25) is 4.79 Å². The van der Waals surface area contributed by atoms with Gasteiger partial charge in [0.15, 0.2) is 10.6 Å². The first-order valence-electron chi connectivity index (χ1n) is 8.06. The fourth-order valence-corrected chi connectivity index (χ4v) is 3.31. The fourth-order valence-electron chi connectivity index (χ4n) is 2.58. The largest absolute Gasteiger partial charge is 0.464 e. The molecule has 1 N–H and O–H groups in total. The first-order valence-corrected chi connectivity index (χ1v) is 8.88. The van der Waals surface area contributed by atoms with Crippen molar-refractivity contribution in [3.8, 4) is 0 Å². The summed E-state index contributed by atoms with van der Waals surface area (Å²) in [5.74, 6) is -1.01. The molecule has 0 spiro atoms. The monoisotopic (exact) mass is 387 g/mol. The van der Waals surface area contributed by atoms with Gasteiger partial charge < -0.3 is 19.4 Å². The highest BCUT2D eigenvalue weighted by molar-refractivity contribution is 7.17. The van der Waals surface area contributed by atoms with E-state index >= 15 is 0 Å².